The van der Waals surface area contributed by atoms with Crippen molar-refractivity contribution in [2.75, 3.05) is 79.3 Å². The van der Waals surface area contributed by atoms with Crippen molar-refractivity contribution >= 4 is 0 Å². The van der Waals surface area contributed by atoms with Crippen LogP contribution < -0.4 is 0 Å². The molecule has 1 fully saturated rings. The van der Waals surface area contributed by atoms with E-state index in [1.54, 1.807) is 0 Å². The van der Waals surface area contributed by atoms with Gasteiger partial charge in [-0.05, 0) is 0 Å². The number of hydrogen-bond acceptors (Lipinski definition) is 8. The molecule has 0 aromatic carbocycles. The van der Waals surface area contributed by atoms with Crippen LogP contribution in [0.3, 0.4) is 0 Å². The van der Waals surface area contributed by atoms with Crippen LogP contribution in [0.1, 0.15) is 0 Å². The summed E-state index contributed by atoms with van der Waals surface area (Å²) in [6.45, 7) is 4.60. The minimum absolute atomic E-state index is 0.0399. The van der Waals surface area contributed by atoms with Gasteiger partial charge in [0, 0.05) is 0 Å². The minimum atomic E-state index is -0.983. The summed E-state index contributed by atoms with van der Waals surface area (Å²) in [5.74, 6) is 0. The first-order valence-corrected chi connectivity index (χ1v) is 7.63. The van der Waals surface area contributed by atoms with Gasteiger partial charge >= 0.3 is 0 Å². The predicted molar refractivity (Wildman–Crippen MR) is 76.9 cm³/mol. The number of ether oxygens (including phenoxy) is 6. The largest absolute Gasteiger partial charge is 0.388 e. The molecular weight excluding hydrogens is 296 g/mol. The number of aliphatic hydroxyl groups is 2. The topological polar surface area (TPSA) is 95.8 Å². The highest BCUT2D eigenvalue weighted by atomic mass is 16.6. The molecule has 2 atom stereocenters. The van der Waals surface area contributed by atoms with E-state index in [0.717, 1.165) is 0 Å². The Balaban J connectivity index is 2.16. The van der Waals surface area contributed by atoms with Crippen LogP contribution in [0.25, 0.3) is 0 Å². The first-order chi connectivity index (χ1) is 10.8. The van der Waals surface area contributed by atoms with Crippen molar-refractivity contribution in [1.82, 2.24) is 0 Å². The van der Waals surface area contributed by atoms with E-state index < -0.39 is 12.2 Å². The van der Waals surface area contributed by atoms with Crippen molar-refractivity contribution in [3.05, 3.63) is 0 Å². The maximum Gasteiger partial charge on any atom is 0.105 e. The van der Waals surface area contributed by atoms with Crippen LogP contribution in [0.4, 0.5) is 0 Å². The van der Waals surface area contributed by atoms with Crippen LogP contribution >= 0.6 is 0 Å². The van der Waals surface area contributed by atoms with Gasteiger partial charge in [-0.2, -0.15) is 0 Å². The molecule has 1 heterocycles. The molecule has 8 nitrogen and oxygen atoms in total. The second-order valence-electron chi connectivity index (χ2n) is 4.73. The molecule has 0 spiro atoms. The molecule has 0 saturated carbocycles. The maximum atomic E-state index is 9.68. The SMILES string of the molecule is OC1COCCOCCOCCOCCOCCOCC1O. The molecule has 1 aliphatic rings. The van der Waals surface area contributed by atoms with Crippen LogP contribution in [-0.2, 0) is 28.4 Å². The summed E-state index contributed by atoms with van der Waals surface area (Å²) < 4.78 is 31.7. The van der Waals surface area contributed by atoms with Crippen LogP contribution in [-0.4, -0.2) is 102 Å². The average Bonchev–Trinajstić information content (AvgIpc) is 2.52. The van der Waals surface area contributed by atoms with E-state index in [4.69, 9.17) is 28.4 Å². The fourth-order valence-electron chi connectivity index (χ4n) is 1.63. The summed E-state index contributed by atoms with van der Waals surface area (Å²) >= 11 is 0. The Morgan fingerprint density at radius 3 is 0.909 bits per heavy atom. The number of hydrogen-bond donors (Lipinski definition) is 2. The standard InChI is InChI=1S/C14H28O8/c15-13-11-21-9-7-19-5-3-17-1-2-18-4-6-20-8-10-22-12-14(13)16/h13-16H,1-12H2. The summed E-state index contributed by atoms with van der Waals surface area (Å²) in [4.78, 5) is 0. The van der Waals surface area contributed by atoms with Gasteiger partial charge in [0.25, 0.3) is 0 Å². The average molecular weight is 324 g/mol. The van der Waals surface area contributed by atoms with Crippen LogP contribution in [0.15, 0.2) is 0 Å². The van der Waals surface area contributed by atoms with Crippen molar-refractivity contribution in [3.63, 3.8) is 0 Å². The third kappa shape index (κ3) is 11.3. The Kier molecular flexibility index (Phi) is 12.8. The number of aliphatic hydroxyl groups excluding tert-OH is 2. The molecule has 0 radical (unpaired) electrons. The van der Waals surface area contributed by atoms with Gasteiger partial charge in [0.15, 0.2) is 0 Å². The smallest absolute Gasteiger partial charge is 0.105 e. The number of rotatable bonds is 0. The van der Waals surface area contributed by atoms with Gasteiger partial charge in [-0.1, -0.05) is 0 Å². The Morgan fingerprint density at radius 2 is 0.636 bits per heavy atom. The van der Waals surface area contributed by atoms with Crippen LogP contribution in [0.5, 0.6) is 0 Å². The molecule has 0 aromatic heterocycles. The van der Waals surface area contributed by atoms with E-state index in [0.29, 0.717) is 66.1 Å². The highest BCUT2D eigenvalue weighted by molar-refractivity contribution is 4.65. The molecule has 132 valence electrons. The molecule has 0 aliphatic carbocycles. The fraction of sp³-hybridized carbons (Fsp3) is 1.00. The lowest BCUT2D eigenvalue weighted by Crippen LogP contribution is -2.35. The second-order valence-corrected chi connectivity index (χ2v) is 4.73. The molecular formula is C14H28O8. The van der Waals surface area contributed by atoms with Crippen molar-refractivity contribution in [2.45, 2.75) is 12.2 Å². The Bertz CT molecular complexity index is 217. The third-order valence-corrected chi connectivity index (χ3v) is 2.88. The first kappa shape index (κ1) is 19.7. The molecule has 0 amide bonds. The molecule has 0 aromatic rings. The van der Waals surface area contributed by atoms with E-state index in [-0.39, 0.29) is 13.2 Å². The quantitative estimate of drug-likeness (QED) is 0.575. The van der Waals surface area contributed by atoms with Gasteiger partial charge in [-0.15, -0.1) is 0 Å². The van der Waals surface area contributed by atoms with Gasteiger partial charge < -0.3 is 38.6 Å². The zero-order valence-electron chi connectivity index (χ0n) is 13.0. The molecule has 1 aliphatic heterocycles. The minimum Gasteiger partial charge on any atom is -0.388 e. The van der Waals surface area contributed by atoms with E-state index in [1.807, 2.05) is 0 Å². The van der Waals surface area contributed by atoms with Gasteiger partial charge in [0.2, 0.25) is 0 Å². The first-order valence-electron chi connectivity index (χ1n) is 7.63. The van der Waals surface area contributed by atoms with Gasteiger partial charge in [0.05, 0.1) is 79.3 Å². The van der Waals surface area contributed by atoms with Crippen LogP contribution in [0.2, 0.25) is 0 Å². The Morgan fingerprint density at radius 1 is 0.409 bits per heavy atom. The fourth-order valence-corrected chi connectivity index (χ4v) is 1.63. The molecule has 0 bridgehead atoms. The van der Waals surface area contributed by atoms with Gasteiger partial charge in [-0.3, -0.25) is 0 Å². The predicted octanol–water partition coefficient (Wildman–Crippen LogP) is -1.18. The van der Waals surface area contributed by atoms with E-state index in [2.05, 4.69) is 0 Å². The third-order valence-electron chi connectivity index (χ3n) is 2.88. The van der Waals surface area contributed by atoms with Crippen LogP contribution in [0, 0.1) is 0 Å². The Hall–Kier alpha value is -0.320. The molecule has 8 heteroatoms. The lowest BCUT2D eigenvalue weighted by Gasteiger charge is -2.18. The van der Waals surface area contributed by atoms with Crippen molar-refractivity contribution in [3.8, 4) is 0 Å². The Labute approximate surface area is 131 Å². The summed E-state index contributed by atoms with van der Waals surface area (Å²) in [5.41, 5.74) is 0. The molecule has 1 saturated heterocycles. The summed E-state index contributed by atoms with van der Waals surface area (Å²) in [7, 11) is 0. The zero-order valence-corrected chi connectivity index (χ0v) is 13.0. The summed E-state index contributed by atoms with van der Waals surface area (Å²) in [5, 5.41) is 19.4. The van der Waals surface area contributed by atoms with E-state index in [1.165, 1.54) is 0 Å². The highest BCUT2D eigenvalue weighted by Crippen LogP contribution is 1.96. The lowest BCUT2D eigenvalue weighted by molar-refractivity contribution is -0.0840. The van der Waals surface area contributed by atoms with Gasteiger partial charge in [0.1, 0.15) is 12.2 Å². The van der Waals surface area contributed by atoms with Gasteiger partial charge in [-0.25, -0.2) is 0 Å². The molecule has 2 unspecified atom stereocenters. The highest BCUT2D eigenvalue weighted by Gasteiger charge is 2.16. The normalized spacial score (nSPS) is 29.7. The zero-order chi connectivity index (χ0) is 15.9. The second kappa shape index (κ2) is 14.3. The van der Waals surface area contributed by atoms with E-state index >= 15 is 0 Å². The summed E-state index contributed by atoms with van der Waals surface area (Å²) in [6.07, 6.45) is -1.97. The lowest BCUT2D eigenvalue weighted by atomic mass is 10.2. The van der Waals surface area contributed by atoms with Crippen molar-refractivity contribution in [1.29, 1.82) is 0 Å². The molecule has 22 heavy (non-hydrogen) atoms. The van der Waals surface area contributed by atoms with Crippen molar-refractivity contribution in [2.24, 2.45) is 0 Å². The maximum absolute atomic E-state index is 9.68. The van der Waals surface area contributed by atoms with E-state index in [9.17, 15) is 10.2 Å². The molecule has 1 rings (SSSR count). The molecule has 2 N–H and O–H groups in total. The van der Waals surface area contributed by atoms with Crippen molar-refractivity contribution < 1.29 is 38.6 Å². The summed E-state index contributed by atoms with van der Waals surface area (Å²) in [6, 6.07) is 0. The monoisotopic (exact) mass is 324 g/mol.